The normalized spacial score (nSPS) is 11.1. The summed E-state index contributed by atoms with van der Waals surface area (Å²) < 4.78 is 27.1. The first kappa shape index (κ1) is 17.4. The average Bonchev–Trinajstić information content (AvgIpc) is 2.42. The molecule has 0 spiro atoms. The lowest BCUT2D eigenvalue weighted by atomic mass is 10.2. The zero-order valence-corrected chi connectivity index (χ0v) is 13.9. The molecule has 112 valence electrons. The molecule has 0 aliphatic carbocycles. The summed E-state index contributed by atoms with van der Waals surface area (Å²) in [6.07, 6.45) is 0.130. The Bertz CT molecular complexity index is 686. The van der Waals surface area contributed by atoms with Crippen molar-refractivity contribution in [1.82, 2.24) is 4.31 Å². The third-order valence-corrected chi connectivity index (χ3v) is 5.59. The second-order valence-electron chi connectivity index (χ2n) is 4.36. The van der Waals surface area contributed by atoms with E-state index in [1.807, 2.05) is 12.1 Å². The second-order valence-corrected chi connectivity index (χ2v) is 7.12. The van der Waals surface area contributed by atoms with E-state index in [4.69, 9.17) is 16.3 Å². The zero-order chi connectivity index (χ0) is 16.0. The van der Waals surface area contributed by atoms with Gasteiger partial charge in [-0.1, -0.05) is 0 Å². The highest BCUT2D eigenvalue weighted by molar-refractivity contribution is 9.10. The minimum Gasteiger partial charge on any atom is -0.398 e. The molecule has 1 aromatic rings. The third kappa shape index (κ3) is 4.18. The fourth-order valence-electron chi connectivity index (χ4n) is 1.79. The lowest BCUT2D eigenvalue weighted by Gasteiger charge is -2.21. The van der Waals surface area contributed by atoms with Crippen LogP contribution in [0.15, 0.2) is 21.5 Å². The Morgan fingerprint density at radius 3 is 2.24 bits per heavy atom. The van der Waals surface area contributed by atoms with Crippen molar-refractivity contribution in [3.8, 4) is 12.1 Å². The van der Waals surface area contributed by atoms with Gasteiger partial charge in [-0.2, -0.15) is 14.8 Å². The van der Waals surface area contributed by atoms with Crippen LogP contribution in [0.4, 0.5) is 5.69 Å². The van der Waals surface area contributed by atoms with Crippen molar-refractivity contribution in [1.29, 1.82) is 10.5 Å². The number of nitriles is 2. The van der Waals surface area contributed by atoms with Gasteiger partial charge in [-0.05, 0) is 40.5 Å². The van der Waals surface area contributed by atoms with E-state index in [0.717, 1.165) is 4.31 Å². The lowest BCUT2D eigenvalue weighted by Crippen LogP contribution is -2.33. The summed E-state index contributed by atoms with van der Waals surface area (Å²) in [6.45, 7) is 1.77. The SMILES string of the molecule is Cc1cc(Br)c(N)cc1S(=O)(=O)N(CCC#N)CCC#N. The maximum Gasteiger partial charge on any atom is 0.243 e. The van der Waals surface area contributed by atoms with Crippen LogP contribution in [-0.2, 0) is 10.0 Å². The number of hydrogen-bond donors (Lipinski definition) is 1. The van der Waals surface area contributed by atoms with Gasteiger partial charge in [0.25, 0.3) is 0 Å². The summed E-state index contributed by atoms with van der Waals surface area (Å²) in [6, 6.07) is 6.85. The molecule has 8 heteroatoms. The van der Waals surface area contributed by atoms with Crippen LogP contribution >= 0.6 is 15.9 Å². The molecule has 0 saturated carbocycles. The Kier molecular flexibility index (Phi) is 6.16. The summed E-state index contributed by atoms with van der Waals surface area (Å²) in [4.78, 5) is 0.0964. The van der Waals surface area contributed by atoms with E-state index in [0.29, 0.717) is 15.7 Å². The van der Waals surface area contributed by atoms with Gasteiger partial charge in [0.15, 0.2) is 0 Å². The van der Waals surface area contributed by atoms with Crippen molar-refractivity contribution in [3.05, 3.63) is 22.2 Å². The van der Waals surface area contributed by atoms with Crippen molar-refractivity contribution in [2.24, 2.45) is 0 Å². The van der Waals surface area contributed by atoms with E-state index >= 15 is 0 Å². The van der Waals surface area contributed by atoms with E-state index in [1.54, 1.807) is 13.0 Å². The Balaban J connectivity index is 3.25. The molecule has 0 aromatic heterocycles. The second kappa shape index (κ2) is 7.41. The molecule has 0 radical (unpaired) electrons. The maximum atomic E-state index is 12.7. The quantitative estimate of drug-likeness (QED) is 0.771. The Morgan fingerprint density at radius 1 is 1.24 bits per heavy atom. The monoisotopic (exact) mass is 370 g/mol. The molecule has 0 unspecified atom stereocenters. The smallest absolute Gasteiger partial charge is 0.243 e. The van der Waals surface area contributed by atoms with E-state index in [-0.39, 0.29) is 30.8 Å². The summed E-state index contributed by atoms with van der Waals surface area (Å²) >= 11 is 3.25. The van der Waals surface area contributed by atoms with Gasteiger partial charge >= 0.3 is 0 Å². The number of nitrogens with two attached hydrogens (primary N) is 1. The number of hydrogen-bond acceptors (Lipinski definition) is 5. The average molecular weight is 371 g/mol. The van der Waals surface area contributed by atoms with Crippen molar-refractivity contribution in [2.75, 3.05) is 18.8 Å². The molecule has 0 amide bonds. The van der Waals surface area contributed by atoms with E-state index in [1.165, 1.54) is 6.07 Å². The molecule has 21 heavy (non-hydrogen) atoms. The van der Waals surface area contributed by atoms with Crippen LogP contribution in [0.2, 0.25) is 0 Å². The molecule has 0 aliphatic heterocycles. The lowest BCUT2D eigenvalue weighted by molar-refractivity contribution is 0.424. The van der Waals surface area contributed by atoms with Crippen LogP contribution in [0, 0.1) is 29.6 Å². The number of benzene rings is 1. The van der Waals surface area contributed by atoms with Gasteiger partial charge in [-0.15, -0.1) is 0 Å². The number of anilines is 1. The van der Waals surface area contributed by atoms with Gasteiger partial charge in [-0.3, -0.25) is 0 Å². The minimum absolute atomic E-state index is 0.0515. The van der Waals surface area contributed by atoms with Crippen LogP contribution in [0.25, 0.3) is 0 Å². The first-order valence-electron chi connectivity index (χ1n) is 6.14. The van der Waals surface area contributed by atoms with Gasteiger partial charge in [0, 0.05) is 36.1 Å². The molecule has 2 N–H and O–H groups in total. The number of aryl methyl sites for hydroxylation is 1. The van der Waals surface area contributed by atoms with Gasteiger partial charge < -0.3 is 5.73 Å². The van der Waals surface area contributed by atoms with Crippen molar-refractivity contribution < 1.29 is 8.42 Å². The van der Waals surface area contributed by atoms with Gasteiger partial charge in [0.2, 0.25) is 10.0 Å². The molecule has 1 aromatic carbocycles. The first-order valence-corrected chi connectivity index (χ1v) is 8.37. The van der Waals surface area contributed by atoms with Crippen LogP contribution in [0.3, 0.4) is 0 Å². The zero-order valence-electron chi connectivity index (χ0n) is 11.5. The topological polar surface area (TPSA) is 111 Å². The predicted molar refractivity (Wildman–Crippen MR) is 82.5 cm³/mol. The van der Waals surface area contributed by atoms with Crippen molar-refractivity contribution >= 4 is 31.6 Å². The molecule has 0 atom stereocenters. The molecule has 1 rings (SSSR count). The van der Waals surface area contributed by atoms with Crippen molar-refractivity contribution in [2.45, 2.75) is 24.7 Å². The Hall–Kier alpha value is -1.61. The largest absolute Gasteiger partial charge is 0.398 e. The van der Waals surface area contributed by atoms with E-state index in [9.17, 15) is 8.42 Å². The van der Waals surface area contributed by atoms with Gasteiger partial charge in [-0.25, -0.2) is 8.42 Å². The third-order valence-electron chi connectivity index (χ3n) is 2.86. The fraction of sp³-hybridized carbons (Fsp3) is 0.385. The molecule has 0 aliphatic rings. The number of sulfonamides is 1. The number of nitrogen functional groups attached to an aromatic ring is 1. The number of halogens is 1. The Morgan fingerprint density at radius 2 is 1.76 bits per heavy atom. The summed E-state index contributed by atoms with van der Waals surface area (Å²) in [7, 11) is -3.79. The summed E-state index contributed by atoms with van der Waals surface area (Å²) in [5.41, 5.74) is 6.62. The molecule has 0 saturated heterocycles. The Labute approximate surface area is 132 Å². The van der Waals surface area contributed by atoms with Gasteiger partial charge in [0.05, 0.1) is 17.0 Å². The van der Waals surface area contributed by atoms with Crippen LogP contribution in [0.1, 0.15) is 18.4 Å². The molecular weight excluding hydrogens is 356 g/mol. The first-order chi connectivity index (χ1) is 9.84. The molecular formula is C13H15BrN4O2S. The van der Waals surface area contributed by atoms with Crippen molar-refractivity contribution in [3.63, 3.8) is 0 Å². The predicted octanol–water partition coefficient (Wildman–Crippen LogP) is 2.16. The van der Waals surface area contributed by atoms with Crippen LogP contribution in [-0.4, -0.2) is 25.8 Å². The van der Waals surface area contributed by atoms with Gasteiger partial charge in [0.1, 0.15) is 0 Å². The molecule has 6 nitrogen and oxygen atoms in total. The van der Waals surface area contributed by atoms with E-state index < -0.39 is 10.0 Å². The fourth-order valence-corrected chi connectivity index (χ4v) is 3.93. The molecule has 0 bridgehead atoms. The highest BCUT2D eigenvalue weighted by atomic mass is 79.9. The molecule has 0 fully saturated rings. The van der Waals surface area contributed by atoms with E-state index in [2.05, 4.69) is 15.9 Å². The number of nitrogens with zero attached hydrogens (tertiary/aromatic N) is 3. The summed E-state index contributed by atoms with van der Waals surface area (Å²) in [5, 5.41) is 17.3. The van der Waals surface area contributed by atoms with Crippen LogP contribution < -0.4 is 5.73 Å². The highest BCUT2D eigenvalue weighted by Gasteiger charge is 2.26. The highest BCUT2D eigenvalue weighted by Crippen LogP contribution is 2.28. The number of rotatable bonds is 6. The minimum atomic E-state index is -3.79. The molecule has 0 heterocycles. The van der Waals surface area contributed by atoms with Crippen LogP contribution in [0.5, 0.6) is 0 Å². The standard InChI is InChI=1S/C13H15BrN4O2S/c1-10-8-11(14)12(17)9-13(10)21(19,20)18(6-2-4-15)7-3-5-16/h8-9H,2-3,6-7,17H2,1H3. The maximum absolute atomic E-state index is 12.7. The summed E-state index contributed by atoms with van der Waals surface area (Å²) in [5.74, 6) is 0.